The fourth-order valence-electron chi connectivity index (χ4n) is 4.53. The van der Waals surface area contributed by atoms with E-state index in [0.29, 0.717) is 61.4 Å². The summed E-state index contributed by atoms with van der Waals surface area (Å²) in [6.45, 7) is 5.35. The predicted molar refractivity (Wildman–Crippen MR) is 158 cm³/mol. The Morgan fingerprint density at radius 2 is 1.88 bits per heavy atom. The second-order valence-electron chi connectivity index (χ2n) is 9.16. The number of aromatic nitrogens is 6. The van der Waals surface area contributed by atoms with Gasteiger partial charge in [0.15, 0.2) is 5.82 Å². The first kappa shape index (κ1) is 27.5. The average Bonchev–Trinajstić information content (AvgIpc) is 2.96. The lowest BCUT2D eigenvalue weighted by molar-refractivity contribution is -0.111. The van der Waals surface area contributed by atoms with Gasteiger partial charge in [0, 0.05) is 54.0 Å². The molecule has 0 saturated heterocycles. The summed E-state index contributed by atoms with van der Waals surface area (Å²) < 4.78 is 14.1. The van der Waals surface area contributed by atoms with E-state index in [4.69, 9.17) is 21.1 Å². The van der Waals surface area contributed by atoms with Crippen LogP contribution in [0.3, 0.4) is 0 Å². The lowest BCUT2D eigenvalue weighted by Gasteiger charge is -2.17. The van der Waals surface area contributed by atoms with E-state index >= 15 is 0 Å². The maximum Gasteiger partial charge on any atom is 0.259 e. The van der Waals surface area contributed by atoms with Crippen LogP contribution in [-0.2, 0) is 18.9 Å². The minimum atomic E-state index is -0.385. The molecule has 0 bridgehead atoms. The summed E-state index contributed by atoms with van der Waals surface area (Å²) in [6, 6.07) is 8.78. The number of rotatable bonds is 8. The summed E-state index contributed by atoms with van der Waals surface area (Å²) in [5.41, 5.74) is 3.43. The van der Waals surface area contributed by atoms with Crippen LogP contribution in [0.5, 0.6) is 11.5 Å². The van der Waals surface area contributed by atoms with Crippen LogP contribution >= 0.6 is 11.6 Å². The molecule has 2 aromatic carbocycles. The highest BCUT2D eigenvalue weighted by Crippen LogP contribution is 2.42. The second kappa shape index (κ2) is 10.8. The number of halogens is 1. The molecule has 41 heavy (non-hydrogen) atoms. The molecule has 12 nitrogen and oxygen atoms in total. The number of aromatic amines is 1. The van der Waals surface area contributed by atoms with Crippen molar-refractivity contribution >= 4 is 45.9 Å². The van der Waals surface area contributed by atoms with Gasteiger partial charge in [0.05, 0.1) is 30.6 Å². The lowest BCUT2D eigenvalue weighted by Crippen LogP contribution is -2.20. The highest BCUT2D eigenvalue weighted by atomic mass is 35.5. The Balaban J connectivity index is 1.58. The summed E-state index contributed by atoms with van der Waals surface area (Å²) in [6.07, 6.45) is 2.78. The van der Waals surface area contributed by atoms with Crippen molar-refractivity contribution < 1.29 is 14.3 Å². The van der Waals surface area contributed by atoms with E-state index in [-0.39, 0.29) is 17.4 Å². The molecule has 0 spiro atoms. The van der Waals surface area contributed by atoms with Crippen molar-refractivity contribution in [2.24, 2.45) is 14.1 Å². The van der Waals surface area contributed by atoms with Crippen LogP contribution in [0.1, 0.15) is 5.56 Å². The molecule has 5 aromatic rings. The zero-order chi connectivity index (χ0) is 29.4. The summed E-state index contributed by atoms with van der Waals surface area (Å²) >= 11 is 6.66. The van der Waals surface area contributed by atoms with Crippen LogP contribution in [0.4, 0.5) is 17.3 Å². The van der Waals surface area contributed by atoms with Gasteiger partial charge in [-0.1, -0.05) is 18.2 Å². The number of H-pyrrole nitrogens is 1. The fraction of sp³-hybridized carbons (Fsp3) is 0.179. The highest BCUT2D eigenvalue weighted by molar-refractivity contribution is 6.35. The summed E-state index contributed by atoms with van der Waals surface area (Å²) in [4.78, 5) is 34.8. The van der Waals surface area contributed by atoms with Gasteiger partial charge in [-0.2, -0.15) is 4.98 Å². The number of ether oxygens (including phenoxy) is 2. The van der Waals surface area contributed by atoms with Gasteiger partial charge in [-0.25, -0.2) is 10.2 Å². The minimum absolute atomic E-state index is 0.221. The molecule has 0 aliphatic rings. The lowest BCUT2D eigenvalue weighted by atomic mass is 9.99. The molecule has 210 valence electrons. The van der Waals surface area contributed by atoms with Crippen molar-refractivity contribution in [2.75, 3.05) is 24.9 Å². The van der Waals surface area contributed by atoms with E-state index in [9.17, 15) is 9.59 Å². The van der Waals surface area contributed by atoms with Gasteiger partial charge in [-0.15, -0.1) is 5.10 Å². The summed E-state index contributed by atoms with van der Waals surface area (Å²) in [7, 11) is 6.49. The van der Waals surface area contributed by atoms with Crippen LogP contribution < -0.4 is 25.7 Å². The average molecular weight is 575 g/mol. The first-order valence-electron chi connectivity index (χ1n) is 12.4. The van der Waals surface area contributed by atoms with E-state index in [1.54, 1.807) is 49.3 Å². The number of pyridine rings is 1. The number of fused-ring (bicyclic) bond motifs is 1. The second-order valence-corrected chi connectivity index (χ2v) is 9.54. The Morgan fingerprint density at radius 1 is 1.12 bits per heavy atom. The number of amides is 1. The van der Waals surface area contributed by atoms with Gasteiger partial charge in [0.1, 0.15) is 17.1 Å². The van der Waals surface area contributed by atoms with Crippen LogP contribution in [-0.4, -0.2) is 49.7 Å². The van der Waals surface area contributed by atoms with Crippen molar-refractivity contribution in [3.05, 3.63) is 70.1 Å². The normalized spacial score (nSPS) is 11.0. The van der Waals surface area contributed by atoms with E-state index in [1.165, 1.54) is 17.8 Å². The molecule has 1 amide bonds. The third kappa shape index (κ3) is 4.89. The maximum absolute atomic E-state index is 13.6. The van der Waals surface area contributed by atoms with E-state index in [2.05, 4.69) is 37.5 Å². The molecule has 0 aliphatic heterocycles. The number of hydrogen-bond donors (Lipinski definition) is 3. The first-order chi connectivity index (χ1) is 19.7. The number of nitrogens with zero attached hydrogens (tertiary/aromatic N) is 5. The number of aryl methyl sites for hydroxylation is 2. The van der Waals surface area contributed by atoms with Gasteiger partial charge >= 0.3 is 0 Å². The molecular weight excluding hydrogens is 548 g/mol. The zero-order valence-corrected chi connectivity index (χ0v) is 23.8. The molecule has 5 rings (SSSR count). The molecule has 0 saturated carbocycles. The molecule has 13 heteroatoms. The molecule has 3 heterocycles. The maximum atomic E-state index is 13.6. The van der Waals surface area contributed by atoms with Gasteiger partial charge in [0.2, 0.25) is 11.9 Å². The minimum Gasteiger partial charge on any atom is -0.496 e. The fourth-order valence-corrected chi connectivity index (χ4v) is 4.90. The van der Waals surface area contributed by atoms with Crippen molar-refractivity contribution in [1.82, 2.24) is 29.5 Å². The largest absolute Gasteiger partial charge is 0.496 e. The van der Waals surface area contributed by atoms with Gasteiger partial charge in [0.25, 0.3) is 5.56 Å². The number of anilines is 3. The van der Waals surface area contributed by atoms with Gasteiger partial charge in [-0.3, -0.25) is 18.8 Å². The number of methoxy groups -OCH3 is 2. The van der Waals surface area contributed by atoms with Crippen molar-refractivity contribution in [2.45, 2.75) is 6.92 Å². The van der Waals surface area contributed by atoms with Crippen molar-refractivity contribution in [3.8, 4) is 34.0 Å². The monoisotopic (exact) mass is 574 g/mol. The number of benzene rings is 2. The Labute approximate surface area is 239 Å². The number of carbonyl (C=O) groups excluding carboxylic acids is 1. The third-order valence-electron chi connectivity index (χ3n) is 6.69. The number of carbonyl (C=O) groups is 1. The van der Waals surface area contributed by atoms with Crippen LogP contribution in [0.2, 0.25) is 5.02 Å². The molecule has 3 aromatic heterocycles. The molecule has 0 radical (unpaired) electrons. The molecular formula is C28H27ClN8O4. The molecule has 3 N–H and O–H groups in total. The number of nitrogens with one attached hydrogen (secondary N) is 3. The molecule has 0 unspecified atom stereocenters. The third-order valence-corrected chi connectivity index (χ3v) is 7.07. The van der Waals surface area contributed by atoms with Crippen molar-refractivity contribution in [1.29, 1.82) is 0 Å². The Bertz CT molecular complexity index is 1860. The SMILES string of the molecule is C=CC(=O)Nc1cc(-c2n[nH]n2C)ccc1Nc1ncc2cc(-c3c(C)c(OC)cc(OC)c3Cl)c(=O)n(C)c2n1. The van der Waals surface area contributed by atoms with E-state index in [0.717, 1.165) is 5.56 Å². The summed E-state index contributed by atoms with van der Waals surface area (Å²) in [5.74, 6) is 1.47. The van der Waals surface area contributed by atoms with Crippen LogP contribution in [0, 0.1) is 6.92 Å². The first-order valence-corrected chi connectivity index (χ1v) is 12.7. The smallest absolute Gasteiger partial charge is 0.259 e. The Hall–Kier alpha value is -5.10. The standard InChI is InChI=1S/C28H27ClN8O4/c1-7-22(38)31-19-11-15(26-34-35-37(26)4)8-9-18(19)32-28-30-13-16-10-17(27(39)36(3)25(16)33-28)23-14(2)20(40-5)12-21(41-6)24(23)29/h7-13,35H,1H2,2-6H3,(H,31,38)(H,30,32,33). The zero-order valence-electron chi connectivity index (χ0n) is 23.0. The molecule has 0 aliphatic carbocycles. The van der Waals surface area contributed by atoms with Crippen LogP contribution in [0.25, 0.3) is 33.5 Å². The van der Waals surface area contributed by atoms with E-state index < -0.39 is 0 Å². The van der Waals surface area contributed by atoms with Crippen LogP contribution in [0.15, 0.2) is 54.0 Å². The molecule has 0 atom stereocenters. The quantitative estimate of drug-likeness (QED) is 0.229. The van der Waals surface area contributed by atoms with E-state index in [1.807, 2.05) is 20.0 Å². The summed E-state index contributed by atoms with van der Waals surface area (Å²) in [5, 5.41) is 13.8. The molecule has 0 fully saturated rings. The number of hydrogen-bond acceptors (Lipinski definition) is 8. The Morgan fingerprint density at radius 3 is 2.51 bits per heavy atom. The van der Waals surface area contributed by atoms with Gasteiger partial charge < -0.3 is 20.1 Å². The van der Waals surface area contributed by atoms with Gasteiger partial charge in [-0.05, 0) is 37.3 Å². The van der Waals surface area contributed by atoms with Crippen molar-refractivity contribution in [3.63, 3.8) is 0 Å². The predicted octanol–water partition coefficient (Wildman–Crippen LogP) is 4.57. The topological polar surface area (TPSA) is 141 Å². The Kier molecular flexibility index (Phi) is 7.24. The highest BCUT2D eigenvalue weighted by Gasteiger charge is 2.21.